The van der Waals surface area contributed by atoms with Gasteiger partial charge in [-0.3, -0.25) is 15.0 Å². The molecule has 10 heteroatoms. The van der Waals surface area contributed by atoms with Crippen molar-refractivity contribution in [3.8, 4) is 17.2 Å². The van der Waals surface area contributed by atoms with Crippen LogP contribution < -0.4 is 0 Å². The van der Waals surface area contributed by atoms with Gasteiger partial charge < -0.3 is 10.2 Å². The average molecular weight is 496 g/mol. The number of nitrogens with zero attached hydrogens (tertiary/aromatic N) is 1. The highest BCUT2D eigenvalue weighted by Crippen LogP contribution is 2.49. The van der Waals surface area contributed by atoms with Crippen molar-refractivity contribution in [3.63, 3.8) is 0 Å². The molecule has 0 aromatic heterocycles. The van der Waals surface area contributed by atoms with Gasteiger partial charge in [-0.1, -0.05) is 49.4 Å². The Labute approximate surface area is 203 Å². The Bertz CT molecular complexity index is 1420. The molecule has 36 heavy (non-hydrogen) atoms. The van der Waals surface area contributed by atoms with Gasteiger partial charge in [-0.05, 0) is 47.2 Å². The van der Waals surface area contributed by atoms with Crippen molar-refractivity contribution in [3.05, 3.63) is 82.0 Å². The molecule has 1 aliphatic rings. The molecule has 1 aliphatic carbocycles. The molecule has 0 aliphatic heterocycles. The Morgan fingerprint density at radius 1 is 1.08 bits per heavy atom. The number of nitriles is 1. The van der Waals surface area contributed by atoms with Crippen molar-refractivity contribution < 1.29 is 37.8 Å². The second-order valence-electron chi connectivity index (χ2n) is 8.01. The van der Waals surface area contributed by atoms with Crippen molar-refractivity contribution in [1.82, 2.24) is 0 Å². The Kier molecular flexibility index (Phi) is 6.71. The molecule has 7 nitrogen and oxygen atoms in total. The van der Waals surface area contributed by atoms with Crippen molar-refractivity contribution in [2.24, 2.45) is 0 Å². The maximum Gasteiger partial charge on any atom is 0.454 e. The number of carboxylic acids is 2. The predicted octanol–water partition coefficient (Wildman–Crippen LogP) is 4.82. The van der Waals surface area contributed by atoms with Gasteiger partial charge in [0, 0.05) is 5.57 Å². The van der Waals surface area contributed by atoms with Crippen LogP contribution >= 0.6 is 0 Å². The minimum Gasteiger partial charge on any atom is -0.480 e. The molecule has 0 amide bonds. The van der Waals surface area contributed by atoms with E-state index in [2.05, 4.69) is 0 Å². The Morgan fingerprint density at radius 2 is 1.69 bits per heavy atom. The van der Waals surface area contributed by atoms with Gasteiger partial charge >= 0.3 is 18.1 Å². The number of hydrogen-bond donors (Lipinski definition) is 3. The van der Waals surface area contributed by atoms with Crippen LogP contribution in [0, 0.1) is 16.7 Å². The summed E-state index contributed by atoms with van der Waals surface area (Å²) in [6.45, 7) is 2.64. The van der Waals surface area contributed by atoms with Crippen LogP contribution in [0.15, 0.2) is 70.8 Å². The molecule has 1 atom stereocenters. The Morgan fingerprint density at radius 3 is 2.17 bits per heavy atom. The zero-order chi connectivity index (χ0) is 27.0. The van der Waals surface area contributed by atoms with Crippen molar-refractivity contribution in [2.45, 2.75) is 31.9 Å². The van der Waals surface area contributed by atoms with Crippen LogP contribution in [0.4, 0.5) is 13.2 Å². The molecule has 0 saturated carbocycles. The highest BCUT2D eigenvalue weighted by Gasteiger charge is 2.59. The van der Waals surface area contributed by atoms with Crippen LogP contribution in [0.5, 0.6) is 0 Å². The van der Waals surface area contributed by atoms with Crippen LogP contribution in [0.1, 0.15) is 31.4 Å². The fraction of sp³-hybridized carbons (Fsp3) is 0.192. The van der Waals surface area contributed by atoms with E-state index in [1.807, 2.05) is 6.07 Å². The van der Waals surface area contributed by atoms with Crippen LogP contribution in [-0.4, -0.2) is 39.8 Å². The minimum absolute atomic E-state index is 0.0861. The normalized spacial score (nSPS) is 18.2. The first-order valence-electron chi connectivity index (χ1n) is 10.6. The number of hydrogen-bond acceptors (Lipinski definition) is 5. The second-order valence-corrected chi connectivity index (χ2v) is 8.01. The zero-order valence-electron chi connectivity index (χ0n) is 19.0. The van der Waals surface area contributed by atoms with E-state index in [-0.39, 0.29) is 23.1 Å². The summed E-state index contributed by atoms with van der Waals surface area (Å²) in [4.78, 5) is 37.6. The summed E-state index contributed by atoms with van der Waals surface area (Å²) in [5, 5.41) is 38.2. The third-order valence-corrected chi connectivity index (χ3v) is 6.22. The number of Topliss-reactive ketones (excluding diaryl/α,β-unsaturated/α-hetero) is 1. The number of alkyl halides is 3. The van der Waals surface area contributed by atoms with Gasteiger partial charge in [-0.25, -0.2) is 4.79 Å². The molecule has 1 unspecified atom stereocenters. The molecule has 0 spiro atoms. The minimum atomic E-state index is -5.64. The fourth-order valence-electron chi connectivity index (χ4n) is 4.64. The van der Waals surface area contributed by atoms with E-state index in [0.29, 0.717) is 11.1 Å². The topological polar surface area (TPSA) is 139 Å². The first-order valence-corrected chi connectivity index (χ1v) is 10.6. The molecule has 0 radical (unpaired) electrons. The van der Waals surface area contributed by atoms with Gasteiger partial charge in [0.25, 0.3) is 5.78 Å². The lowest BCUT2D eigenvalue weighted by Gasteiger charge is -2.39. The lowest BCUT2D eigenvalue weighted by molar-refractivity contribution is -0.168. The molecule has 2 aromatic carbocycles. The van der Waals surface area contributed by atoms with Crippen LogP contribution in [-0.2, 0) is 19.8 Å². The monoisotopic (exact) mass is 496 g/mol. The summed E-state index contributed by atoms with van der Waals surface area (Å²) in [5.41, 5.74) is -6.71. The molecular formula is C26H19F3N2O5. The second kappa shape index (κ2) is 9.26. The molecule has 3 rings (SSSR count). The van der Waals surface area contributed by atoms with Gasteiger partial charge in [0.05, 0.1) is 22.9 Å². The Balaban J connectivity index is 2.54. The summed E-state index contributed by atoms with van der Waals surface area (Å²) in [7, 11) is 0. The predicted molar refractivity (Wildman–Crippen MR) is 122 cm³/mol. The molecule has 0 bridgehead atoms. The summed E-state index contributed by atoms with van der Waals surface area (Å²) in [6.07, 6.45) is -5.72. The van der Waals surface area contributed by atoms with Crippen LogP contribution in [0.25, 0.3) is 11.1 Å². The summed E-state index contributed by atoms with van der Waals surface area (Å²) in [5.74, 6) is -6.67. The molecule has 0 fully saturated rings. The lowest BCUT2D eigenvalue weighted by atomic mass is 9.60. The van der Waals surface area contributed by atoms with Gasteiger partial charge in [-0.2, -0.15) is 18.4 Å². The largest absolute Gasteiger partial charge is 0.480 e. The van der Waals surface area contributed by atoms with E-state index in [1.54, 1.807) is 30.3 Å². The number of allylic oxidation sites excluding steroid dienone is 1. The van der Waals surface area contributed by atoms with E-state index in [4.69, 9.17) is 5.41 Å². The number of aliphatic carboxylic acids is 2. The maximum absolute atomic E-state index is 13.7. The number of carbonyl (C=O) groups excluding carboxylic acids is 1. The van der Waals surface area contributed by atoms with Crippen LogP contribution in [0.3, 0.4) is 0 Å². The number of ketones is 1. The maximum atomic E-state index is 13.7. The molecule has 2 aromatic rings. The third-order valence-electron chi connectivity index (χ3n) is 6.22. The lowest BCUT2D eigenvalue weighted by Crippen LogP contribution is -2.50. The zero-order valence-corrected chi connectivity index (χ0v) is 19.0. The molecule has 0 heterocycles. The number of halogens is 3. The highest BCUT2D eigenvalue weighted by molar-refractivity contribution is 6.32. The first-order chi connectivity index (χ1) is 16.8. The number of carboxylic acid groups (broad SMARTS) is 2. The fourth-order valence-corrected chi connectivity index (χ4v) is 4.64. The third kappa shape index (κ3) is 3.88. The highest BCUT2D eigenvalue weighted by atomic mass is 19.4. The smallest absolute Gasteiger partial charge is 0.454 e. The van der Waals surface area contributed by atoms with Gasteiger partial charge in [-0.15, -0.1) is 0 Å². The van der Waals surface area contributed by atoms with Crippen LogP contribution in [0.2, 0.25) is 0 Å². The quantitative estimate of drug-likeness (QED) is 0.524. The van der Waals surface area contributed by atoms with E-state index < -0.39 is 51.7 Å². The van der Waals surface area contributed by atoms with E-state index >= 15 is 0 Å². The van der Waals surface area contributed by atoms with E-state index in [1.165, 1.54) is 13.0 Å². The SMILES string of the molecule is CCC1=C(C)C(C(=O)O)(c2ccc(-c3ccccc3)c(C#N)c2)C(C(=O)C(F)(F)F)=C(C(=O)O)C1=N. The first kappa shape index (κ1) is 26.1. The van der Waals surface area contributed by atoms with Crippen molar-refractivity contribution >= 4 is 23.4 Å². The van der Waals surface area contributed by atoms with E-state index in [0.717, 1.165) is 19.1 Å². The molecule has 0 saturated heterocycles. The number of rotatable bonds is 6. The van der Waals surface area contributed by atoms with Gasteiger partial charge in [0.1, 0.15) is 5.41 Å². The summed E-state index contributed by atoms with van der Waals surface area (Å²) in [6, 6.07) is 13.9. The summed E-state index contributed by atoms with van der Waals surface area (Å²) >= 11 is 0. The number of benzene rings is 2. The average Bonchev–Trinajstić information content (AvgIpc) is 2.82. The number of carbonyl (C=O) groups is 3. The van der Waals surface area contributed by atoms with Gasteiger partial charge in [0.15, 0.2) is 0 Å². The molecule has 184 valence electrons. The Hall–Kier alpha value is -4.52. The standard InChI is InChI=1S/C26H19F3N2O5/c1-3-17-13(2)25(24(35)36,20(22(32)26(27,28)29)19(21(17)31)23(33)34)16-9-10-18(15(11-16)12-30)14-7-5-4-6-8-14/h4-11,31H,3H2,1-2H3,(H,33,34)(H,35,36). The molecule has 3 N–H and O–H groups in total. The number of nitrogens with one attached hydrogen (secondary N) is 1. The molecular weight excluding hydrogens is 477 g/mol. The van der Waals surface area contributed by atoms with E-state index in [9.17, 15) is 43.0 Å². The summed E-state index contributed by atoms with van der Waals surface area (Å²) < 4.78 is 41.2. The van der Waals surface area contributed by atoms with Crippen molar-refractivity contribution in [1.29, 1.82) is 10.7 Å². The van der Waals surface area contributed by atoms with Crippen molar-refractivity contribution in [2.75, 3.05) is 0 Å². The van der Waals surface area contributed by atoms with Gasteiger partial charge in [0.2, 0.25) is 0 Å².